The minimum atomic E-state index is -0.799. The molecule has 1 fully saturated rings. The molecular weight excluding hydrogens is 520 g/mol. The van der Waals surface area contributed by atoms with Crippen LogP contribution in [-0.4, -0.2) is 66.0 Å². The molecule has 1 aromatic carbocycles. The van der Waals surface area contributed by atoms with Gasteiger partial charge in [-0.1, -0.05) is 23.7 Å². The lowest BCUT2D eigenvalue weighted by Gasteiger charge is -2.20. The Kier molecular flexibility index (Phi) is 7.51. The summed E-state index contributed by atoms with van der Waals surface area (Å²) in [5.41, 5.74) is 5.25. The van der Waals surface area contributed by atoms with Crippen molar-refractivity contribution in [3.63, 3.8) is 0 Å². The zero-order valence-corrected chi connectivity index (χ0v) is 22.6. The van der Waals surface area contributed by atoms with Crippen LogP contribution in [0.2, 0.25) is 5.02 Å². The number of nitrogens with one attached hydrogen (secondary N) is 1. The summed E-state index contributed by atoms with van der Waals surface area (Å²) >= 11 is 6.59. The number of aliphatic hydroxyl groups excluding tert-OH is 1. The summed E-state index contributed by atoms with van der Waals surface area (Å²) in [5.74, 6) is 0. The molecule has 2 aliphatic heterocycles. The van der Waals surface area contributed by atoms with Crippen molar-refractivity contribution >= 4 is 28.5 Å². The van der Waals surface area contributed by atoms with Crippen LogP contribution < -0.4 is 9.64 Å². The van der Waals surface area contributed by atoms with E-state index >= 15 is 0 Å². The number of hydrogen-bond donors (Lipinski definition) is 3. The van der Waals surface area contributed by atoms with E-state index < -0.39 is 5.60 Å². The van der Waals surface area contributed by atoms with E-state index in [2.05, 4.69) is 49.9 Å². The summed E-state index contributed by atoms with van der Waals surface area (Å²) in [6, 6.07) is 10.3. The van der Waals surface area contributed by atoms with Crippen molar-refractivity contribution in [1.29, 1.82) is 0 Å². The number of H-pyrrole nitrogens is 1. The van der Waals surface area contributed by atoms with Gasteiger partial charge in [0.25, 0.3) is 6.01 Å². The number of aromatic amines is 1. The zero-order chi connectivity index (χ0) is 27.7. The van der Waals surface area contributed by atoms with Crippen molar-refractivity contribution < 1.29 is 19.7 Å². The van der Waals surface area contributed by atoms with Crippen molar-refractivity contribution in [1.82, 2.24) is 24.7 Å². The van der Waals surface area contributed by atoms with Gasteiger partial charge in [-0.15, -0.1) is 12.8 Å². The van der Waals surface area contributed by atoms with E-state index in [1.807, 2.05) is 23.0 Å². The lowest BCUT2D eigenvalue weighted by molar-refractivity contribution is 0.0528. The zero-order valence-electron chi connectivity index (χ0n) is 21.8. The number of nitrogens with zero attached hydrogens (tertiary/aromatic N) is 5. The minimum Gasteiger partial charge on any atom is -0.459 e. The van der Waals surface area contributed by atoms with Crippen LogP contribution in [0.1, 0.15) is 31.5 Å². The Morgan fingerprint density at radius 1 is 1.21 bits per heavy atom. The van der Waals surface area contributed by atoms with Crippen molar-refractivity contribution in [2.75, 3.05) is 18.1 Å². The molecule has 0 spiro atoms. The van der Waals surface area contributed by atoms with Gasteiger partial charge in [-0.2, -0.15) is 10.1 Å². The molecule has 6 rings (SSSR count). The van der Waals surface area contributed by atoms with E-state index in [1.165, 1.54) is 5.56 Å². The van der Waals surface area contributed by atoms with Gasteiger partial charge in [0.05, 0.1) is 59.9 Å². The number of pyridine rings is 1. The van der Waals surface area contributed by atoms with Gasteiger partial charge in [0.1, 0.15) is 6.10 Å². The maximum absolute atomic E-state index is 10.1. The summed E-state index contributed by atoms with van der Waals surface area (Å²) in [6.45, 7) is 5.91. The van der Waals surface area contributed by atoms with Gasteiger partial charge >= 0.3 is 0 Å². The normalized spacial score (nSPS) is 18.7. The largest absolute Gasteiger partial charge is 0.459 e. The van der Waals surface area contributed by atoms with Gasteiger partial charge in [-0.3, -0.25) is 4.68 Å². The maximum atomic E-state index is 10.1. The SMILES string of the molecule is C#C.CC(C)(O)Cn1cc2c(n1)CN(c1ccc(-c3nc4nc(O[C@@H]5CO[C@H](CO)C5)[nH]c4cc3Cl)cc1)C2. The molecule has 3 N–H and O–H groups in total. The summed E-state index contributed by atoms with van der Waals surface area (Å²) in [5, 5.41) is 24.5. The number of terminal acetylenes is 1. The fourth-order valence-electron chi connectivity index (χ4n) is 4.89. The van der Waals surface area contributed by atoms with E-state index in [0.29, 0.717) is 47.5 Å². The second kappa shape index (κ2) is 10.9. The second-order valence-electron chi connectivity index (χ2n) is 10.4. The van der Waals surface area contributed by atoms with E-state index in [9.17, 15) is 10.2 Å². The predicted molar refractivity (Wildman–Crippen MR) is 148 cm³/mol. The number of aromatic nitrogens is 5. The third kappa shape index (κ3) is 5.87. The van der Waals surface area contributed by atoms with E-state index in [4.69, 9.17) is 21.1 Å². The van der Waals surface area contributed by atoms with Crippen LogP contribution in [0.4, 0.5) is 5.69 Å². The molecule has 0 amide bonds. The first-order valence-electron chi connectivity index (χ1n) is 12.7. The first-order valence-corrected chi connectivity index (χ1v) is 13.0. The van der Waals surface area contributed by atoms with Crippen LogP contribution in [0.15, 0.2) is 36.5 Å². The molecule has 10 nitrogen and oxygen atoms in total. The number of rotatable bonds is 7. The number of fused-ring (bicyclic) bond motifs is 2. The highest BCUT2D eigenvalue weighted by molar-refractivity contribution is 6.33. The molecule has 0 bridgehead atoms. The number of anilines is 1. The van der Waals surface area contributed by atoms with Crippen LogP contribution in [0, 0.1) is 12.8 Å². The number of ether oxygens (including phenoxy) is 2. The van der Waals surface area contributed by atoms with E-state index in [-0.39, 0.29) is 18.8 Å². The standard InChI is InChI=1S/C26H29ClN6O4.C2H2/c1-26(2,35)14-33-10-16-9-32(11-22(16)31-33)17-5-3-15(4-6-17)23-20(27)8-21-24(29-23)30-25(28-21)37-19-7-18(12-34)36-13-19;1-2/h3-6,8,10,18-19,34-35H,7,9,11-14H2,1-2H3,(H,28,29,30);1-2H/t18-,19-;/m0./s1. The highest BCUT2D eigenvalue weighted by Gasteiger charge is 2.28. The Morgan fingerprint density at radius 2 is 1.97 bits per heavy atom. The Bertz CT molecular complexity index is 1450. The Hall–Kier alpha value is -3.62. The molecule has 2 aliphatic rings. The van der Waals surface area contributed by atoms with Gasteiger partial charge in [0.15, 0.2) is 5.65 Å². The number of hydrogen-bond acceptors (Lipinski definition) is 8. The smallest absolute Gasteiger partial charge is 0.296 e. The number of imidazole rings is 1. The topological polar surface area (TPSA) is 122 Å². The second-order valence-corrected chi connectivity index (χ2v) is 10.8. The molecule has 0 unspecified atom stereocenters. The van der Waals surface area contributed by atoms with Crippen molar-refractivity contribution in [2.45, 2.75) is 57.7 Å². The lowest BCUT2D eigenvalue weighted by atomic mass is 10.1. The van der Waals surface area contributed by atoms with E-state index in [1.54, 1.807) is 19.9 Å². The summed E-state index contributed by atoms with van der Waals surface area (Å²) in [6.07, 6.45) is 10.3. The quantitative estimate of drug-likeness (QED) is 0.299. The molecule has 2 atom stereocenters. The molecule has 0 aliphatic carbocycles. The van der Waals surface area contributed by atoms with E-state index in [0.717, 1.165) is 30.0 Å². The number of aliphatic hydroxyl groups is 2. The van der Waals surface area contributed by atoms with Gasteiger partial charge in [0, 0.05) is 36.0 Å². The fraction of sp³-hybridized carbons (Fsp3) is 0.393. The maximum Gasteiger partial charge on any atom is 0.296 e. The summed E-state index contributed by atoms with van der Waals surface area (Å²) < 4.78 is 13.2. The highest BCUT2D eigenvalue weighted by Crippen LogP contribution is 2.33. The molecule has 204 valence electrons. The molecule has 0 saturated carbocycles. The number of benzene rings is 1. The Labute approximate surface area is 231 Å². The first kappa shape index (κ1) is 27.0. The average molecular weight is 551 g/mol. The molecule has 4 aromatic rings. The van der Waals surface area contributed by atoms with Crippen LogP contribution in [0.3, 0.4) is 0 Å². The number of halogens is 1. The van der Waals surface area contributed by atoms with Crippen LogP contribution in [0.25, 0.3) is 22.4 Å². The predicted octanol–water partition coefficient (Wildman–Crippen LogP) is 3.54. The third-order valence-electron chi connectivity index (χ3n) is 6.61. The molecule has 1 saturated heterocycles. The van der Waals surface area contributed by atoms with Crippen LogP contribution in [-0.2, 0) is 24.4 Å². The van der Waals surface area contributed by atoms with Crippen LogP contribution >= 0.6 is 11.6 Å². The third-order valence-corrected chi connectivity index (χ3v) is 6.90. The average Bonchev–Trinajstić information content (AvgIpc) is 3.67. The van der Waals surface area contributed by atoms with Crippen molar-refractivity contribution in [3.05, 3.63) is 52.8 Å². The summed E-state index contributed by atoms with van der Waals surface area (Å²) in [7, 11) is 0. The lowest BCUT2D eigenvalue weighted by Crippen LogP contribution is -2.26. The van der Waals surface area contributed by atoms with Crippen LogP contribution in [0.5, 0.6) is 6.01 Å². The Morgan fingerprint density at radius 3 is 2.64 bits per heavy atom. The summed E-state index contributed by atoms with van der Waals surface area (Å²) in [4.78, 5) is 14.6. The Balaban J connectivity index is 0.00000151. The van der Waals surface area contributed by atoms with Crippen molar-refractivity contribution in [3.8, 4) is 30.1 Å². The fourth-order valence-corrected chi connectivity index (χ4v) is 5.15. The highest BCUT2D eigenvalue weighted by atomic mass is 35.5. The van der Waals surface area contributed by atoms with Crippen molar-refractivity contribution in [2.24, 2.45) is 0 Å². The molecule has 5 heterocycles. The molecule has 39 heavy (non-hydrogen) atoms. The monoisotopic (exact) mass is 550 g/mol. The van der Waals surface area contributed by atoms with Gasteiger partial charge in [-0.25, -0.2) is 4.98 Å². The minimum absolute atomic E-state index is 0.0224. The molecule has 11 heteroatoms. The van der Waals surface area contributed by atoms with Gasteiger partial charge < -0.3 is 29.6 Å². The first-order chi connectivity index (χ1) is 18.7. The molecule has 0 radical (unpaired) electrons. The van der Waals surface area contributed by atoms with Gasteiger partial charge in [0.2, 0.25) is 0 Å². The molecular formula is C28H31ClN6O4. The molecule has 3 aromatic heterocycles. The van der Waals surface area contributed by atoms with Gasteiger partial charge in [-0.05, 0) is 32.0 Å².